The number of nitrogens with one attached hydrogen (secondary N) is 1. The smallest absolute Gasteiger partial charge is 0.0230 e. The van der Waals surface area contributed by atoms with Gasteiger partial charge in [0.15, 0.2) is 0 Å². The Hall–Kier alpha value is -0.510. The Kier molecular flexibility index (Phi) is 4.27. The molecular weight excluding hydrogens is 216 g/mol. The first-order valence-electron chi connectivity index (χ1n) is 5.99. The number of nitrogens with zero attached hydrogens (tertiary/aromatic N) is 1. The van der Waals surface area contributed by atoms with Crippen LogP contribution >= 0.6 is 11.9 Å². The van der Waals surface area contributed by atoms with E-state index in [-0.39, 0.29) is 0 Å². The quantitative estimate of drug-likeness (QED) is 0.812. The Morgan fingerprint density at radius 1 is 1.12 bits per heavy atom. The Balaban J connectivity index is 1.93. The fraction of sp³-hybridized carbons (Fsp3) is 0.538. The van der Waals surface area contributed by atoms with Gasteiger partial charge in [-0.15, -0.1) is 0 Å². The molecule has 0 aliphatic carbocycles. The lowest BCUT2D eigenvalue weighted by Crippen LogP contribution is -2.39. The van der Waals surface area contributed by atoms with Crippen molar-refractivity contribution in [1.82, 2.24) is 9.62 Å². The van der Waals surface area contributed by atoms with Crippen molar-refractivity contribution >= 4 is 11.9 Å². The van der Waals surface area contributed by atoms with E-state index in [0.29, 0.717) is 5.92 Å². The summed E-state index contributed by atoms with van der Waals surface area (Å²) in [5, 5.41) is 3.37. The van der Waals surface area contributed by atoms with Crippen molar-refractivity contribution in [3.8, 4) is 0 Å². The predicted molar refractivity (Wildman–Crippen MR) is 70.8 cm³/mol. The van der Waals surface area contributed by atoms with E-state index in [1.165, 1.54) is 10.5 Å². The first-order chi connectivity index (χ1) is 7.75. The van der Waals surface area contributed by atoms with Gasteiger partial charge >= 0.3 is 0 Å². The van der Waals surface area contributed by atoms with Gasteiger partial charge in [-0.3, -0.25) is 0 Å². The van der Waals surface area contributed by atoms with Gasteiger partial charge in [-0.05, 0) is 35.6 Å². The lowest BCUT2D eigenvalue weighted by Gasteiger charge is -2.25. The van der Waals surface area contributed by atoms with Crippen LogP contribution in [0.3, 0.4) is 0 Å². The second-order valence-electron chi connectivity index (χ2n) is 4.49. The van der Waals surface area contributed by atoms with Gasteiger partial charge in [0.05, 0.1) is 0 Å². The van der Waals surface area contributed by atoms with Crippen LogP contribution in [0.25, 0.3) is 0 Å². The summed E-state index contributed by atoms with van der Waals surface area (Å²) in [5.74, 6) is 0.623. The molecule has 0 atom stereocenters. The molecule has 2 rings (SSSR count). The first kappa shape index (κ1) is 12.0. The molecule has 1 aliphatic heterocycles. The monoisotopic (exact) mass is 236 g/mol. The second kappa shape index (κ2) is 5.71. The minimum atomic E-state index is 0.623. The molecule has 0 unspecified atom stereocenters. The first-order valence-corrected chi connectivity index (χ1v) is 6.76. The van der Waals surface area contributed by atoms with Crippen LogP contribution in [0.15, 0.2) is 29.2 Å². The zero-order valence-corrected chi connectivity index (χ0v) is 10.9. The molecule has 0 amide bonds. The van der Waals surface area contributed by atoms with E-state index in [2.05, 4.69) is 47.7 Å². The minimum Gasteiger partial charge on any atom is -0.314 e. The molecule has 2 nitrogen and oxygen atoms in total. The summed E-state index contributed by atoms with van der Waals surface area (Å²) in [6.07, 6.45) is 0. The van der Waals surface area contributed by atoms with Gasteiger partial charge in [0.1, 0.15) is 0 Å². The molecule has 88 valence electrons. The van der Waals surface area contributed by atoms with Crippen LogP contribution in [0.1, 0.15) is 25.3 Å². The van der Waals surface area contributed by atoms with E-state index >= 15 is 0 Å². The second-order valence-corrected chi connectivity index (χ2v) is 5.66. The normalized spacial score (nSPS) is 17.9. The lowest BCUT2D eigenvalue weighted by atomic mass is 10.0. The molecule has 1 heterocycles. The lowest BCUT2D eigenvalue weighted by molar-refractivity contribution is 0.396. The summed E-state index contributed by atoms with van der Waals surface area (Å²) < 4.78 is 2.43. The van der Waals surface area contributed by atoms with Gasteiger partial charge in [-0.25, -0.2) is 4.31 Å². The molecule has 3 heteroatoms. The summed E-state index contributed by atoms with van der Waals surface area (Å²) in [7, 11) is 0. The standard InChI is InChI=1S/C13H20N2S/c1-11(2)12-3-5-13(6-4-12)16-15-9-7-14-8-10-15/h3-6,11,14H,7-10H2,1-2H3. The molecule has 16 heavy (non-hydrogen) atoms. The number of piperazine rings is 1. The van der Waals surface area contributed by atoms with Gasteiger partial charge in [-0.1, -0.05) is 26.0 Å². The molecule has 1 aromatic carbocycles. The third-order valence-electron chi connectivity index (χ3n) is 2.86. The average Bonchev–Trinajstić information content (AvgIpc) is 2.31. The summed E-state index contributed by atoms with van der Waals surface area (Å²) in [6.45, 7) is 8.96. The molecular formula is C13H20N2S. The van der Waals surface area contributed by atoms with Crippen LogP contribution in [0.2, 0.25) is 0 Å². The third kappa shape index (κ3) is 3.24. The predicted octanol–water partition coefficient (Wildman–Crippen LogP) is 2.72. The van der Waals surface area contributed by atoms with Crippen molar-refractivity contribution in [2.45, 2.75) is 24.7 Å². The zero-order valence-electron chi connectivity index (χ0n) is 10.1. The number of benzene rings is 1. The summed E-state index contributed by atoms with van der Waals surface area (Å²) in [4.78, 5) is 1.35. The molecule has 0 spiro atoms. The molecule has 0 radical (unpaired) electrons. The van der Waals surface area contributed by atoms with E-state index in [1.807, 2.05) is 11.9 Å². The molecule has 1 saturated heterocycles. The maximum absolute atomic E-state index is 3.37. The highest BCUT2D eigenvalue weighted by atomic mass is 32.2. The Labute approximate surface area is 103 Å². The SMILES string of the molecule is CC(C)c1ccc(SN2CCNCC2)cc1. The highest BCUT2D eigenvalue weighted by Crippen LogP contribution is 2.24. The minimum absolute atomic E-state index is 0.623. The Morgan fingerprint density at radius 3 is 2.31 bits per heavy atom. The van der Waals surface area contributed by atoms with Gasteiger partial charge in [0.2, 0.25) is 0 Å². The molecule has 0 bridgehead atoms. The van der Waals surface area contributed by atoms with Crippen molar-refractivity contribution in [3.05, 3.63) is 29.8 Å². The van der Waals surface area contributed by atoms with Crippen LogP contribution in [0, 0.1) is 0 Å². The highest BCUT2D eigenvalue weighted by molar-refractivity contribution is 7.97. The third-order valence-corrected chi connectivity index (χ3v) is 3.96. The average molecular weight is 236 g/mol. The summed E-state index contributed by atoms with van der Waals surface area (Å²) in [5.41, 5.74) is 1.42. The molecule has 1 aliphatic rings. The highest BCUT2D eigenvalue weighted by Gasteiger charge is 2.10. The number of hydrogen-bond donors (Lipinski definition) is 1. The van der Waals surface area contributed by atoms with E-state index in [9.17, 15) is 0 Å². The van der Waals surface area contributed by atoms with Crippen LogP contribution < -0.4 is 5.32 Å². The Morgan fingerprint density at radius 2 is 1.75 bits per heavy atom. The molecule has 1 N–H and O–H groups in total. The van der Waals surface area contributed by atoms with Crippen molar-refractivity contribution in [2.24, 2.45) is 0 Å². The van der Waals surface area contributed by atoms with Crippen LogP contribution in [-0.2, 0) is 0 Å². The molecule has 1 fully saturated rings. The van der Waals surface area contributed by atoms with Crippen LogP contribution in [0.4, 0.5) is 0 Å². The number of rotatable bonds is 3. The van der Waals surface area contributed by atoms with Crippen molar-refractivity contribution in [2.75, 3.05) is 26.2 Å². The molecule has 0 aromatic heterocycles. The largest absolute Gasteiger partial charge is 0.314 e. The molecule has 0 saturated carbocycles. The fourth-order valence-electron chi connectivity index (χ4n) is 1.80. The topological polar surface area (TPSA) is 15.3 Å². The van der Waals surface area contributed by atoms with Gasteiger partial charge in [0.25, 0.3) is 0 Å². The van der Waals surface area contributed by atoms with Gasteiger partial charge in [0, 0.05) is 31.1 Å². The Bertz CT molecular complexity index is 315. The van der Waals surface area contributed by atoms with Gasteiger partial charge < -0.3 is 5.32 Å². The maximum Gasteiger partial charge on any atom is 0.0230 e. The maximum atomic E-state index is 3.37. The van der Waals surface area contributed by atoms with Crippen molar-refractivity contribution in [1.29, 1.82) is 0 Å². The molecule has 1 aromatic rings. The van der Waals surface area contributed by atoms with E-state index in [1.54, 1.807) is 0 Å². The van der Waals surface area contributed by atoms with E-state index in [4.69, 9.17) is 0 Å². The fourth-order valence-corrected chi connectivity index (χ4v) is 2.72. The summed E-state index contributed by atoms with van der Waals surface area (Å²) >= 11 is 1.88. The van der Waals surface area contributed by atoms with Gasteiger partial charge in [-0.2, -0.15) is 0 Å². The van der Waals surface area contributed by atoms with Crippen molar-refractivity contribution < 1.29 is 0 Å². The van der Waals surface area contributed by atoms with Crippen LogP contribution in [0.5, 0.6) is 0 Å². The van der Waals surface area contributed by atoms with Crippen molar-refractivity contribution in [3.63, 3.8) is 0 Å². The zero-order chi connectivity index (χ0) is 11.4. The van der Waals surface area contributed by atoms with Crippen LogP contribution in [-0.4, -0.2) is 30.5 Å². The number of hydrogen-bond acceptors (Lipinski definition) is 3. The van der Waals surface area contributed by atoms with E-state index < -0.39 is 0 Å². The summed E-state index contributed by atoms with van der Waals surface area (Å²) in [6, 6.07) is 8.97. The van der Waals surface area contributed by atoms with E-state index in [0.717, 1.165) is 26.2 Å².